The number of nitrogens with zero attached hydrogens (tertiary/aromatic N) is 2. The molecule has 0 bridgehead atoms. The topological polar surface area (TPSA) is 103 Å². The summed E-state index contributed by atoms with van der Waals surface area (Å²) in [5.41, 5.74) is 1.71. The van der Waals surface area contributed by atoms with Gasteiger partial charge in [0.2, 0.25) is 11.8 Å². The molecule has 0 aliphatic carbocycles. The highest BCUT2D eigenvalue weighted by atomic mass is 16.6. The van der Waals surface area contributed by atoms with Gasteiger partial charge in [-0.2, -0.15) is 0 Å². The second kappa shape index (κ2) is 11.5. The van der Waals surface area contributed by atoms with E-state index in [1.165, 1.54) is 19.3 Å². The summed E-state index contributed by atoms with van der Waals surface area (Å²) in [6.45, 7) is 3.87. The Kier molecular flexibility index (Phi) is 8.41. The summed E-state index contributed by atoms with van der Waals surface area (Å²) < 4.78 is 12.2. The van der Waals surface area contributed by atoms with Crippen LogP contribution in [0, 0.1) is 0 Å². The molecule has 0 spiro atoms. The van der Waals surface area contributed by atoms with E-state index in [9.17, 15) is 14.7 Å². The Morgan fingerprint density at radius 2 is 1.97 bits per heavy atom. The number of rotatable bonds is 9. The van der Waals surface area contributed by atoms with Gasteiger partial charge in [-0.05, 0) is 64.6 Å². The summed E-state index contributed by atoms with van der Waals surface area (Å²) in [7, 11) is 3.70. The van der Waals surface area contributed by atoms with Crippen LogP contribution in [0.1, 0.15) is 43.6 Å². The van der Waals surface area contributed by atoms with Crippen LogP contribution >= 0.6 is 0 Å². The van der Waals surface area contributed by atoms with Crippen LogP contribution in [0.4, 0.5) is 5.69 Å². The molecule has 34 heavy (non-hydrogen) atoms. The number of carbonyl (C=O) groups is 2. The molecular weight excluding hydrogens is 436 g/mol. The number of hydrogen-bond donors (Lipinski definition) is 3. The van der Waals surface area contributed by atoms with E-state index in [1.54, 1.807) is 0 Å². The molecule has 1 aromatic rings. The quantitative estimate of drug-likeness (QED) is 0.494. The van der Waals surface area contributed by atoms with E-state index in [1.807, 2.05) is 37.2 Å². The van der Waals surface area contributed by atoms with Crippen LogP contribution in [0.2, 0.25) is 0 Å². The molecule has 3 aliphatic rings. The molecule has 3 N–H and O–H groups in total. The van der Waals surface area contributed by atoms with Gasteiger partial charge >= 0.3 is 0 Å². The van der Waals surface area contributed by atoms with Gasteiger partial charge in [-0.3, -0.25) is 9.59 Å². The standard InChI is InChI=1S/C25H38N4O5/c1-28(2)15-24(32)27-17-6-7-21-19(12-17)20-13-18(33-22(16-30)25(20)34-21)14-23(31)26-8-11-29-9-4-3-5-10-29/h6-7,12,18,20,22,25,30H,3-5,8-11,13-16H2,1-2H3,(H,26,31)(H,27,32)/t18-,20+,22-,25-/m0/s1. The number of anilines is 1. The Labute approximate surface area is 201 Å². The van der Waals surface area contributed by atoms with Gasteiger partial charge < -0.3 is 35.0 Å². The van der Waals surface area contributed by atoms with Crippen LogP contribution in [0.5, 0.6) is 5.75 Å². The highest BCUT2D eigenvalue weighted by Gasteiger charge is 2.46. The largest absolute Gasteiger partial charge is 0.487 e. The fourth-order valence-electron chi connectivity index (χ4n) is 5.27. The molecule has 0 radical (unpaired) electrons. The monoisotopic (exact) mass is 474 g/mol. The number of amides is 2. The van der Waals surface area contributed by atoms with E-state index < -0.39 is 6.10 Å². The highest BCUT2D eigenvalue weighted by molar-refractivity contribution is 5.92. The highest BCUT2D eigenvalue weighted by Crippen LogP contribution is 2.47. The van der Waals surface area contributed by atoms with Gasteiger partial charge in [0.1, 0.15) is 18.0 Å². The van der Waals surface area contributed by atoms with E-state index in [0.29, 0.717) is 25.2 Å². The van der Waals surface area contributed by atoms with Gasteiger partial charge in [0.15, 0.2) is 0 Å². The molecule has 1 aromatic carbocycles. The lowest BCUT2D eigenvalue weighted by Crippen LogP contribution is -2.47. The number of aliphatic hydroxyl groups is 1. The molecule has 3 heterocycles. The minimum atomic E-state index is -0.496. The minimum absolute atomic E-state index is 0.00208. The van der Waals surface area contributed by atoms with E-state index in [-0.39, 0.29) is 43.0 Å². The maximum atomic E-state index is 12.6. The van der Waals surface area contributed by atoms with E-state index in [4.69, 9.17) is 9.47 Å². The summed E-state index contributed by atoms with van der Waals surface area (Å²) in [6, 6.07) is 5.63. The smallest absolute Gasteiger partial charge is 0.238 e. The number of likely N-dealkylation sites (N-methyl/N-ethyl adjacent to an activating group) is 1. The molecule has 0 aromatic heterocycles. The number of likely N-dealkylation sites (tertiary alicyclic amines) is 1. The number of fused-ring (bicyclic) bond motifs is 3. The molecule has 0 unspecified atom stereocenters. The van der Waals surface area contributed by atoms with Crippen molar-refractivity contribution in [3.8, 4) is 5.75 Å². The predicted molar refractivity (Wildman–Crippen MR) is 129 cm³/mol. The van der Waals surface area contributed by atoms with Crippen molar-refractivity contribution in [3.63, 3.8) is 0 Å². The summed E-state index contributed by atoms with van der Waals surface area (Å²) in [6.07, 6.45) is 3.56. The third-order valence-corrected chi connectivity index (χ3v) is 6.85. The number of aliphatic hydroxyl groups excluding tert-OH is 1. The van der Waals surface area contributed by atoms with E-state index >= 15 is 0 Å². The summed E-state index contributed by atoms with van der Waals surface area (Å²) in [5.74, 6) is 0.632. The maximum absolute atomic E-state index is 12.6. The van der Waals surface area contributed by atoms with Crippen LogP contribution in [0.25, 0.3) is 0 Å². The zero-order valence-electron chi connectivity index (χ0n) is 20.3. The summed E-state index contributed by atoms with van der Waals surface area (Å²) in [4.78, 5) is 29.0. The van der Waals surface area contributed by atoms with Crippen molar-refractivity contribution >= 4 is 17.5 Å². The van der Waals surface area contributed by atoms with Crippen molar-refractivity contribution in [1.82, 2.24) is 15.1 Å². The predicted octanol–water partition coefficient (Wildman–Crippen LogP) is 1.17. The normalized spacial score (nSPS) is 26.5. The first-order chi connectivity index (χ1) is 16.4. The van der Waals surface area contributed by atoms with Gasteiger partial charge in [0.05, 0.1) is 25.7 Å². The molecule has 2 amide bonds. The zero-order chi connectivity index (χ0) is 24.1. The molecule has 4 rings (SSSR count). The van der Waals surface area contributed by atoms with Crippen molar-refractivity contribution in [2.75, 3.05) is 58.7 Å². The average Bonchev–Trinajstić information content (AvgIpc) is 3.16. The third-order valence-electron chi connectivity index (χ3n) is 6.85. The molecule has 2 saturated heterocycles. The molecule has 4 atom stereocenters. The Balaban J connectivity index is 1.35. The fourth-order valence-corrected chi connectivity index (χ4v) is 5.27. The van der Waals surface area contributed by atoms with Gasteiger partial charge in [0.25, 0.3) is 0 Å². The number of benzene rings is 1. The third kappa shape index (κ3) is 6.27. The number of hydrogen-bond acceptors (Lipinski definition) is 7. The second-order valence-electron chi connectivity index (χ2n) is 9.90. The molecular formula is C25H38N4O5. The molecule has 9 nitrogen and oxygen atoms in total. The van der Waals surface area contributed by atoms with E-state index in [2.05, 4.69) is 15.5 Å². The lowest BCUT2D eigenvalue weighted by molar-refractivity contribution is -0.142. The number of nitrogens with one attached hydrogen (secondary N) is 2. The molecule has 188 valence electrons. The minimum Gasteiger partial charge on any atom is -0.487 e. The van der Waals surface area contributed by atoms with Crippen molar-refractivity contribution in [2.45, 2.75) is 56.3 Å². The number of carbonyl (C=O) groups excluding carboxylic acids is 2. The van der Waals surface area contributed by atoms with Gasteiger partial charge in [0, 0.05) is 30.3 Å². The molecule has 0 saturated carbocycles. The van der Waals surface area contributed by atoms with Gasteiger partial charge in [-0.1, -0.05) is 6.42 Å². The van der Waals surface area contributed by atoms with Gasteiger partial charge in [-0.25, -0.2) is 0 Å². The molecule has 3 aliphatic heterocycles. The fraction of sp³-hybridized carbons (Fsp3) is 0.680. The number of piperidine rings is 1. The maximum Gasteiger partial charge on any atom is 0.238 e. The van der Waals surface area contributed by atoms with Crippen LogP contribution in [0.3, 0.4) is 0 Å². The van der Waals surface area contributed by atoms with Crippen LogP contribution < -0.4 is 15.4 Å². The molecule has 2 fully saturated rings. The SMILES string of the molecule is CN(C)CC(=O)Nc1ccc2c(c1)[C@H]1C[C@@H](CC(=O)NCCN3CCCCC3)O[C@@H](CO)[C@H]1O2. The Morgan fingerprint density at radius 1 is 1.18 bits per heavy atom. The van der Waals surface area contributed by atoms with Crippen LogP contribution in [-0.2, 0) is 14.3 Å². The van der Waals surface area contributed by atoms with Crippen molar-refractivity contribution in [2.24, 2.45) is 0 Å². The van der Waals surface area contributed by atoms with Crippen molar-refractivity contribution < 1.29 is 24.2 Å². The van der Waals surface area contributed by atoms with Crippen molar-refractivity contribution in [3.05, 3.63) is 23.8 Å². The lowest BCUT2D eigenvalue weighted by Gasteiger charge is -2.37. The zero-order valence-corrected chi connectivity index (χ0v) is 20.3. The first kappa shape index (κ1) is 24.9. The van der Waals surface area contributed by atoms with Crippen molar-refractivity contribution in [1.29, 1.82) is 0 Å². The summed E-state index contributed by atoms with van der Waals surface area (Å²) >= 11 is 0. The first-order valence-electron chi connectivity index (χ1n) is 12.4. The average molecular weight is 475 g/mol. The Bertz CT molecular complexity index is 858. The van der Waals surface area contributed by atoms with E-state index in [0.717, 1.165) is 30.9 Å². The first-order valence-corrected chi connectivity index (χ1v) is 12.4. The van der Waals surface area contributed by atoms with Crippen LogP contribution in [-0.4, -0.2) is 98.5 Å². The van der Waals surface area contributed by atoms with Gasteiger partial charge in [-0.15, -0.1) is 0 Å². The second-order valence-corrected chi connectivity index (χ2v) is 9.90. The Hall–Kier alpha value is -2.20. The van der Waals surface area contributed by atoms with Crippen LogP contribution in [0.15, 0.2) is 18.2 Å². The number of ether oxygens (including phenoxy) is 2. The molecule has 9 heteroatoms. The lowest BCUT2D eigenvalue weighted by atomic mass is 9.84. The Morgan fingerprint density at radius 3 is 2.71 bits per heavy atom. The summed E-state index contributed by atoms with van der Waals surface area (Å²) in [5, 5.41) is 15.9.